The number of aryl methyl sites for hydroxylation is 1. The van der Waals surface area contributed by atoms with Gasteiger partial charge in [-0.25, -0.2) is 0 Å². The Morgan fingerprint density at radius 2 is 2.25 bits per heavy atom. The minimum absolute atomic E-state index is 0.0497. The van der Waals surface area contributed by atoms with Gasteiger partial charge in [-0.15, -0.1) is 0 Å². The topological polar surface area (TPSA) is 42.3 Å². The molecule has 126 valence electrons. The molecule has 0 amide bonds. The summed E-state index contributed by atoms with van der Waals surface area (Å²) in [6.07, 6.45) is 6.42. The Balaban J connectivity index is 1.69. The molecular weight excluding hydrogens is 320 g/mol. The number of pyridine rings is 1. The van der Waals surface area contributed by atoms with Gasteiger partial charge in [0.2, 0.25) is 0 Å². The highest BCUT2D eigenvalue weighted by Crippen LogP contribution is 2.39. The Labute approximate surface area is 147 Å². The number of nitrogens with zero attached hydrogens (tertiary/aromatic N) is 3. The maximum absolute atomic E-state index is 5.85. The molecule has 1 N–H and O–H groups in total. The van der Waals surface area contributed by atoms with Crippen molar-refractivity contribution in [3.05, 3.63) is 54.1 Å². The molecule has 4 rings (SSSR count). The van der Waals surface area contributed by atoms with Gasteiger partial charge in [0, 0.05) is 38.3 Å². The van der Waals surface area contributed by atoms with Gasteiger partial charge in [-0.3, -0.25) is 4.98 Å². The molecule has 2 fully saturated rings. The molecule has 0 radical (unpaired) electrons. The highest BCUT2D eigenvalue weighted by Gasteiger charge is 2.41. The summed E-state index contributed by atoms with van der Waals surface area (Å²) < 4.78 is 8.01. The normalized spacial score (nSPS) is 26.8. The Morgan fingerprint density at radius 1 is 1.33 bits per heavy atom. The SMILES string of the molecule is Cn1cccc1[C@@H]1[C@@H](c2ccccn2)NC(=S)N1C[C@H]1CCCO1. The van der Waals surface area contributed by atoms with E-state index in [2.05, 4.69) is 51.2 Å². The zero-order valence-corrected chi connectivity index (χ0v) is 14.6. The van der Waals surface area contributed by atoms with Crippen LogP contribution in [0, 0.1) is 0 Å². The summed E-state index contributed by atoms with van der Waals surface area (Å²) in [5, 5.41) is 4.27. The second-order valence-electron chi connectivity index (χ2n) is 6.46. The second-order valence-corrected chi connectivity index (χ2v) is 6.84. The van der Waals surface area contributed by atoms with Crippen LogP contribution in [0.4, 0.5) is 0 Å². The standard InChI is InChI=1S/C18H22N4OS/c1-21-10-4-8-15(21)17-16(14-7-2-3-9-19-14)20-18(24)22(17)12-13-6-5-11-23-13/h2-4,7-10,13,16-17H,5-6,11-12H2,1H3,(H,20,24)/t13-,16-,17-/m1/s1. The van der Waals surface area contributed by atoms with E-state index >= 15 is 0 Å². The third-order valence-corrected chi connectivity index (χ3v) is 5.26. The van der Waals surface area contributed by atoms with Crippen LogP contribution in [0.1, 0.15) is 36.3 Å². The predicted molar refractivity (Wildman–Crippen MR) is 96.5 cm³/mol. The molecule has 5 nitrogen and oxygen atoms in total. The maximum Gasteiger partial charge on any atom is 0.170 e. The molecule has 2 aromatic rings. The first-order valence-electron chi connectivity index (χ1n) is 8.45. The summed E-state index contributed by atoms with van der Waals surface area (Å²) in [6, 6.07) is 10.4. The minimum atomic E-state index is 0.0497. The van der Waals surface area contributed by atoms with Crippen molar-refractivity contribution in [1.82, 2.24) is 19.8 Å². The lowest BCUT2D eigenvalue weighted by molar-refractivity contribution is 0.0835. The molecule has 0 aliphatic carbocycles. The van der Waals surface area contributed by atoms with Gasteiger partial charge < -0.3 is 19.5 Å². The zero-order chi connectivity index (χ0) is 16.5. The molecule has 24 heavy (non-hydrogen) atoms. The average Bonchev–Trinajstić information content (AvgIpc) is 3.31. The zero-order valence-electron chi connectivity index (χ0n) is 13.8. The first kappa shape index (κ1) is 15.6. The van der Waals surface area contributed by atoms with Gasteiger partial charge in [-0.05, 0) is 49.3 Å². The lowest BCUT2D eigenvalue weighted by Crippen LogP contribution is -2.36. The number of rotatable bonds is 4. The van der Waals surface area contributed by atoms with Crippen LogP contribution in [0.15, 0.2) is 42.7 Å². The van der Waals surface area contributed by atoms with E-state index in [0.29, 0.717) is 0 Å². The van der Waals surface area contributed by atoms with Crippen LogP contribution in [0.2, 0.25) is 0 Å². The molecule has 6 heteroatoms. The fourth-order valence-electron chi connectivity index (χ4n) is 3.71. The van der Waals surface area contributed by atoms with E-state index in [0.717, 1.165) is 36.8 Å². The van der Waals surface area contributed by atoms with Gasteiger partial charge in [0.15, 0.2) is 5.11 Å². The lowest BCUT2D eigenvalue weighted by Gasteiger charge is -2.30. The Bertz CT molecular complexity index is 711. The fraction of sp³-hybridized carbons (Fsp3) is 0.444. The van der Waals surface area contributed by atoms with Crippen LogP contribution in [-0.2, 0) is 11.8 Å². The van der Waals surface area contributed by atoms with E-state index in [-0.39, 0.29) is 18.2 Å². The van der Waals surface area contributed by atoms with E-state index in [4.69, 9.17) is 17.0 Å². The summed E-state index contributed by atoms with van der Waals surface area (Å²) in [7, 11) is 2.08. The van der Waals surface area contributed by atoms with E-state index in [1.165, 1.54) is 5.69 Å². The van der Waals surface area contributed by atoms with Crippen LogP contribution in [0.5, 0.6) is 0 Å². The van der Waals surface area contributed by atoms with Crippen LogP contribution < -0.4 is 5.32 Å². The largest absolute Gasteiger partial charge is 0.376 e. The Kier molecular flexibility index (Phi) is 4.24. The number of thiocarbonyl (C=S) groups is 1. The summed E-state index contributed by atoms with van der Waals surface area (Å²) in [5.74, 6) is 0. The molecule has 2 aromatic heterocycles. The number of hydrogen-bond acceptors (Lipinski definition) is 3. The summed E-state index contributed by atoms with van der Waals surface area (Å²) in [5.41, 5.74) is 2.25. The van der Waals surface area contributed by atoms with E-state index in [1.807, 2.05) is 18.3 Å². The van der Waals surface area contributed by atoms with Crippen molar-refractivity contribution < 1.29 is 4.74 Å². The maximum atomic E-state index is 5.85. The first-order chi connectivity index (χ1) is 11.7. The van der Waals surface area contributed by atoms with E-state index in [9.17, 15) is 0 Å². The van der Waals surface area contributed by atoms with Crippen molar-refractivity contribution in [3.8, 4) is 0 Å². The van der Waals surface area contributed by atoms with Crippen LogP contribution in [0.25, 0.3) is 0 Å². The molecule has 4 heterocycles. The van der Waals surface area contributed by atoms with Crippen molar-refractivity contribution in [2.75, 3.05) is 13.2 Å². The lowest BCUT2D eigenvalue weighted by atomic mass is 10.0. The van der Waals surface area contributed by atoms with Crippen molar-refractivity contribution in [2.24, 2.45) is 7.05 Å². The number of nitrogens with one attached hydrogen (secondary N) is 1. The monoisotopic (exact) mass is 342 g/mol. The smallest absolute Gasteiger partial charge is 0.170 e. The quantitative estimate of drug-likeness (QED) is 0.865. The third kappa shape index (κ3) is 2.80. The molecule has 3 atom stereocenters. The van der Waals surface area contributed by atoms with Crippen LogP contribution >= 0.6 is 12.2 Å². The van der Waals surface area contributed by atoms with Crippen molar-refractivity contribution >= 4 is 17.3 Å². The molecule has 0 unspecified atom stereocenters. The summed E-state index contributed by atoms with van der Waals surface area (Å²) >= 11 is 5.67. The van der Waals surface area contributed by atoms with Gasteiger partial charge in [0.1, 0.15) is 0 Å². The summed E-state index contributed by atoms with van der Waals surface area (Å²) in [4.78, 5) is 6.84. The predicted octanol–water partition coefficient (Wildman–Crippen LogP) is 2.57. The molecule has 0 spiro atoms. The minimum Gasteiger partial charge on any atom is -0.376 e. The van der Waals surface area contributed by atoms with Gasteiger partial charge in [-0.2, -0.15) is 0 Å². The van der Waals surface area contributed by atoms with Gasteiger partial charge in [0.05, 0.1) is 23.9 Å². The number of hydrogen-bond donors (Lipinski definition) is 1. The van der Waals surface area contributed by atoms with Gasteiger partial charge in [-0.1, -0.05) is 6.07 Å². The molecule has 2 aliphatic heterocycles. The van der Waals surface area contributed by atoms with Crippen molar-refractivity contribution in [1.29, 1.82) is 0 Å². The fourth-order valence-corrected chi connectivity index (χ4v) is 4.03. The molecule has 0 saturated carbocycles. The molecular formula is C18H22N4OS. The second kappa shape index (κ2) is 6.53. The Morgan fingerprint density at radius 3 is 2.92 bits per heavy atom. The molecule has 0 aromatic carbocycles. The Hall–Kier alpha value is -1.92. The third-order valence-electron chi connectivity index (χ3n) is 4.91. The van der Waals surface area contributed by atoms with E-state index < -0.39 is 0 Å². The molecule has 2 aliphatic rings. The molecule has 0 bridgehead atoms. The van der Waals surface area contributed by atoms with Gasteiger partial charge in [0.25, 0.3) is 0 Å². The number of ether oxygens (including phenoxy) is 1. The van der Waals surface area contributed by atoms with Crippen molar-refractivity contribution in [2.45, 2.75) is 31.0 Å². The average molecular weight is 342 g/mol. The highest BCUT2D eigenvalue weighted by molar-refractivity contribution is 7.80. The molecule has 2 saturated heterocycles. The van der Waals surface area contributed by atoms with Crippen LogP contribution in [0.3, 0.4) is 0 Å². The first-order valence-corrected chi connectivity index (χ1v) is 8.86. The number of aromatic nitrogens is 2. The van der Waals surface area contributed by atoms with Crippen LogP contribution in [-0.4, -0.2) is 38.8 Å². The summed E-state index contributed by atoms with van der Waals surface area (Å²) in [6.45, 7) is 1.68. The highest BCUT2D eigenvalue weighted by atomic mass is 32.1. The van der Waals surface area contributed by atoms with Crippen molar-refractivity contribution in [3.63, 3.8) is 0 Å². The van der Waals surface area contributed by atoms with Gasteiger partial charge >= 0.3 is 0 Å². The van der Waals surface area contributed by atoms with E-state index in [1.54, 1.807) is 0 Å².